The molecule has 12 heteroatoms. The van der Waals surface area contributed by atoms with Crippen molar-refractivity contribution < 1.29 is 38.1 Å². The number of benzene rings is 4. The van der Waals surface area contributed by atoms with Gasteiger partial charge in [0.05, 0.1) is 56.5 Å². The van der Waals surface area contributed by atoms with Gasteiger partial charge in [0.15, 0.2) is 0 Å². The molecule has 1 N–H and O–H groups in total. The first-order valence-electron chi connectivity index (χ1n) is 18.4. The average Bonchev–Trinajstić information content (AvgIpc) is 3.57. The summed E-state index contributed by atoms with van der Waals surface area (Å²) in [4.78, 5) is 44.9. The fraction of sp³-hybridized carbons (Fsp3) is 0.395. The number of nitrogens with zero attached hydrogens (tertiary/aromatic N) is 2. The zero-order chi connectivity index (χ0) is 39.5. The van der Waals surface area contributed by atoms with Crippen LogP contribution in [-0.2, 0) is 34.0 Å². The van der Waals surface area contributed by atoms with Crippen LogP contribution in [0.25, 0.3) is 31.6 Å². The monoisotopic (exact) mass is 769 g/mol. The molecule has 11 nitrogen and oxygen atoms in total. The van der Waals surface area contributed by atoms with Crippen molar-refractivity contribution >= 4 is 55.8 Å². The molecule has 5 rings (SSSR count). The van der Waals surface area contributed by atoms with E-state index in [4.69, 9.17) is 28.7 Å². The Kier molecular flexibility index (Phi) is 14.5. The minimum absolute atomic E-state index is 0.0527. The topological polar surface area (TPSA) is 126 Å². The van der Waals surface area contributed by atoms with E-state index in [1.165, 1.54) is 18.3 Å². The summed E-state index contributed by atoms with van der Waals surface area (Å²) in [5.74, 6) is -0.118. The minimum atomic E-state index is -0.590. The highest BCUT2D eigenvalue weighted by Gasteiger charge is 2.31. The predicted molar refractivity (Wildman–Crippen MR) is 218 cm³/mol. The Morgan fingerprint density at radius 3 is 2.20 bits per heavy atom. The molecule has 5 aromatic rings. The van der Waals surface area contributed by atoms with E-state index in [-0.39, 0.29) is 18.2 Å². The first-order chi connectivity index (χ1) is 26.4. The molecule has 0 aliphatic heterocycles. The van der Waals surface area contributed by atoms with Gasteiger partial charge in [-0.25, -0.2) is 4.98 Å². The molecule has 0 bridgehead atoms. The van der Waals surface area contributed by atoms with Crippen molar-refractivity contribution in [1.29, 1.82) is 0 Å². The molecular formula is C43H51N3O8S. The molecular weight excluding hydrogens is 719 g/mol. The summed E-state index contributed by atoms with van der Waals surface area (Å²) >= 11 is 1.53. The van der Waals surface area contributed by atoms with Crippen LogP contribution in [0.5, 0.6) is 5.75 Å². The normalized spacial score (nSPS) is 11.6. The number of carbonyl (C=O) groups is 3. The van der Waals surface area contributed by atoms with Crippen molar-refractivity contribution in [3.63, 3.8) is 0 Å². The first kappa shape index (κ1) is 41.4. The number of anilines is 1. The summed E-state index contributed by atoms with van der Waals surface area (Å²) in [6.45, 7) is 13.1. The number of fused-ring (bicyclic) bond motifs is 2. The van der Waals surface area contributed by atoms with Gasteiger partial charge in [0.25, 0.3) is 5.91 Å². The standard InChI is InChI=1S/C43H51N3O8S/c1-28-22-29(2)40(37(23-28)54-30(3)47)43(4,5)27-39(48)46(6)35-12-10-31-24-34(9-8-32(31)25-35)42-45-36-13-11-33(26-38(36)55-42)41(49)44-14-15-51-18-19-53-21-20-52-17-16-50-7/h8-13,22-26H,14-21,27H2,1-7H3,(H,44,49). The predicted octanol–water partition coefficient (Wildman–Crippen LogP) is 7.42. The van der Waals surface area contributed by atoms with Crippen molar-refractivity contribution in [2.45, 2.75) is 46.5 Å². The fourth-order valence-corrected chi connectivity index (χ4v) is 7.55. The van der Waals surface area contributed by atoms with Gasteiger partial charge in [0.2, 0.25) is 5.91 Å². The van der Waals surface area contributed by atoms with Crippen LogP contribution in [0.15, 0.2) is 66.7 Å². The third-order valence-corrected chi connectivity index (χ3v) is 10.2. The van der Waals surface area contributed by atoms with Crippen molar-refractivity contribution in [2.75, 3.05) is 71.9 Å². The molecule has 0 atom stereocenters. The van der Waals surface area contributed by atoms with Gasteiger partial charge in [-0.05, 0) is 78.2 Å². The fourth-order valence-electron chi connectivity index (χ4n) is 6.55. The second-order valence-electron chi connectivity index (χ2n) is 14.1. The van der Waals surface area contributed by atoms with Gasteiger partial charge in [0, 0.05) is 61.8 Å². The molecule has 1 heterocycles. The van der Waals surface area contributed by atoms with Crippen LogP contribution < -0.4 is 15.0 Å². The Balaban J connectivity index is 1.17. The number of ether oxygens (including phenoxy) is 5. The van der Waals surface area contributed by atoms with Crippen molar-refractivity contribution in [3.05, 3.63) is 89.0 Å². The van der Waals surface area contributed by atoms with Gasteiger partial charge >= 0.3 is 5.97 Å². The average molecular weight is 770 g/mol. The van der Waals surface area contributed by atoms with E-state index in [1.807, 2.05) is 82.3 Å². The maximum atomic E-state index is 13.7. The van der Waals surface area contributed by atoms with E-state index >= 15 is 0 Å². The Bertz CT molecular complexity index is 2130. The number of rotatable bonds is 19. The van der Waals surface area contributed by atoms with E-state index in [1.54, 1.807) is 25.1 Å². The maximum Gasteiger partial charge on any atom is 0.308 e. The molecule has 292 valence electrons. The molecule has 0 aliphatic rings. The Morgan fingerprint density at radius 2 is 1.49 bits per heavy atom. The highest BCUT2D eigenvalue weighted by Crippen LogP contribution is 2.39. The van der Waals surface area contributed by atoms with Gasteiger partial charge in [-0.2, -0.15) is 0 Å². The zero-order valence-electron chi connectivity index (χ0n) is 32.8. The van der Waals surface area contributed by atoms with E-state index < -0.39 is 11.4 Å². The smallest absolute Gasteiger partial charge is 0.308 e. The van der Waals surface area contributed by atoms with Crippen LogP contribution in [0.4, 0.5) is 5.69 Å². The van der Waals surface area contributed by atoms with E-state index in [2.05, 4.69) is 11.4 Å². The molecule has 0 saturated carbocycles. The summed E-state index contributed by atoms with van der Waals surface area (Å²) in [5.41, 5.74) is 5.36. The molecule has 55 heavy (non-hydrogen) atoms. The zero-order valence-corrected chi connectivity index (χ0v) is 33.6. The molecule has 1 aromatic heterocycles. The number of hydrogen-bond acceptors (Lipinski definition) is 10. The van der Waals surface area contributed by atoms with Crippen LogP contribution in [0.2, 0.25) is 0 Å². The largest absolute Gasteiger partial charge is 0.426 e. The van der Waals surface area contributed by atoms with Gasteiger partial charge in [-0.1, -0.05) is 38.1 Å². The molecule has 0 radical (unpaired) electrons. The van der Waals surface area contributed by atoms with E-state index in [0.717, 1.165) is 53.9 Å². The highest BCUT2D eigenvalue weighted by molar-refractivity contribution is 7.21. The number of methoxy groups -OCH3 is 1. The lowest BCUT2D eigenvalue weighted by atomic mass is 9.78. The lowest BCUT2D eigenvalue weighted by molar-refractivity contribution is -0.131. The quantitative estimate of drug-likeness (QED) is 0.0519. The second-order valence-corrected chi connectivity index (χ2v) is 15.1. The SMILES string of the molecule is COCCOCCOCCOCCNC(=O)c1ccc2nc(-c3ccc4cc(N(C)C(=O)CC(C)(C)c5c(C)cc(C)cc5OC(C)=O)ccc4c3)sc2c1. The third-order valence-electron chi connectivity index (χ3n) is 9.16. The number of hydrogen-bond donors (Lipinski definition) is 1. The van der Waals surface area contributed by atoms with Gasteiger partial charge in [-0.3, -0.25) is 14.4 Å². The number of nitrogens with one attached hydrogen (secondary N) is 1. The minimum Gasteiger partial charge on any atom is -0.426 e. The number of carbonyl (C=O) groups excluding carboxylic acids is 3. The number of esters is 1. The number of aryl methyl sites for hydroxylation is 2. The maximum absolute atomic E-state index is 13.7. The molecule has 0 aliphatic carbocycles. The van der Waals surface area contributed by atoms with E-state index in [0.29, 0.717) is 64.1 Å². The lowest BCUT2D eigenvalue weighted by Crippen LogP contribution is -2.33. The highest BCUT2D eigenvalue weighted by atomic mass is 32.1. The van der Waals surface area contributed by atoms with Crippen LogP contribution in [0.3, 0.4) is 0 Å². The summed E-state index contributed by atoms with van der Waals surface area (Å²) < 4.78 is 27.8. The lowest BCUT2D eigenvalue weighted by Gasteiger charge is -2.31. The number of aromatic nitrogens is 1. The molecule has 2 amide bonds. The Hall–Kier alpha value is -4.72. The third kappa shape index (κ3) is 11.2. The molecule has 0 saturated heterocycles. The molecule has 0 unspecified atom stereocenters. The van der Waals surface area contributed by atoms with Crippen molar-refractivity contribution in [2.24, 2.45) is 0 Å². The molecule has 4 aromatic carbocycles. The Morgan fingerprint density at radius 1 is 0.818 bits per heavy atom. The van der Waals surface area contributed by atoms with Crippen LogP contribution in [-0.4, -0.2) is 89.7 Å². The summed E-state index contributed by atoms with van der Waals surface area (Å²) in [6.07, 6.45) is 0.220. The second kappa shape index (κ2) is 19.2. The summed E-state index contributed by atoms with van der Waals surface area (Å²) in [7, 11) is 3.42. The number of thiazole rings is 1. The number of amides is 2. The first-order valence-corrected chi connectivity index (χ1v) is 19.2. The molecule has 0 fully saturated rings. The van der Waals surface area contributed by atoms with Crippen LogP contribution >= 0.6 is 11.3 Å². The van der Waals surface area contributed by atoms with E-state index in [9.17, 15) is 14.4 Å². The Labute approximate surface area is 326 Å². The summed E-state index contributed by atoms with van der Waals surface area (Å²) in [5, 5.41) is 5.77. The van der Waals surface area contributed by atoms with Crippen molar-refractivity contribution in [3.8, 4) is 16.3 Å². The van der Waals surface area contributed by atoms with Crippen LogP contribution in [0.1, 0.15) is 54.2 Å². The summed E-state index contributed by atoms with van der Waals surface area (Å²) in [6, 6.07) is 21.5. The van der Waals surface area contributed by atoms with Crippen LogP contribution in [0, 0.1) is 13.8 Å². The van der Waals surface area contributed by atoms with Gasteiger partial charge in [0.1, 0.15) is 10.8 Å². The van der Waals surface area contributed by atoms with Crippen molar-refractivity contribution in [1.82, 2.24) is 10.3 Å². The van der Waals surface area contributed by atoms with Gasteiger partial charge < -0.3 is 33.9 Å². The molecule has 0 spiro atoms. The van der Waals surface area contributed by atoms with Gasteiger partial charge in [-0.15, -0.1) is 11.3 Å².